The SMILES string of the molecule is Cc1ocnc1C(=O)NCc1ccc(N2CCNCC2)c(F)c1. The van der Waals surface area contributed by atoms with Crippen LogP contribution in [0.25, 0.3) is 0 Å². The lowest BCUT2D eigenvalue weighted by Gasteiger charge is -2.29. The Kier molecular flexibility index (Phi) is 4.57. The normalized spacial score (nSPS) is 14.8. The summed E-state index contributed by atoms with van der Waals surface area (Å²) in [5.74, 6) is -0.137. The van der Waals surface area contributed by atoms with Gasteiger partial charge in [-0.15, -0.1) is 0 Å². The molecule has 1 saturated heterocycles. The number of hydrogen-bond donors (Lipinski definition) is 2. The van der Waals surface area contributed by atoms with Gasteiger partial charge in [0, 0.05) is 32.7 Å². The van der Waals surface area contributed by atoms with Gasteiger partial charge in [-0.25, -0.2) is 9.37 Å². The van der Waals surface area contributed by atoms with E-state index in [-0.39, 0.29) is 24.0 Å². The topological polar surface area (TPSA) is 70.4 Å². The highest BCUT2D eigenvalue weighted by atomic mass is 19.1. The zero-order valence-corrected chi connectivity index (χ0v) is 12.9. The predicted molar refractivity (Wildman–Crippen MR) is 83.9 cm³/mol. The zero-order chi connectivity index (χ0) is 16.2. The lowest BCUT2D eigenvalue weighted by atomic mass is 10.1. The van der Waals surface area contributed by atoms with E-state index in [1.807, 2.05) is 11.0 Å². The molecule has 1 aliphatic heterocycles. The van der Waals surface area contributed by atoms with Gasteiger partial charge in [-0.2, -0.15) is 0 Å². The fourth-order valence-corrected chi connectivity index (χ4v) is 2.61. The number of hydrogen-bond acceptors (Lipinski definition) is 5. The minimum Gasteiger partial charge on any atom is -0.448 e. The molecule has 1 amide bonds. The monoisotopic (exact) mass is 318 g/mol. The second kappa shape index (κ2) is 6.78. The van der Waals surface area contributed by atoms with Gasteiger partial charge in [0.2, 0.25) is 0 Å². The average molecular weight is 318 g/mol. The van der Waals surface area contributed by atoms with Crippen molar-refractivity contribution in [1.82, 2.24) is 15.6 Å². The molecule has 0 radical (unpaired) electrons. The van der Waals surface area contributed by atoms with Crippen molar-refractivity contribution in [2.75, 3.05) is 31.1 Å². The Labute approximate surface area is 133 Å². The Hall–Kier alpha value is -2.41. The van der Waals surface area contributed by atoms with Crippen LogP contribution in [0.3, 0.4) is 0 Å². The lowest BCUT2D eigenvalue weighted by molar-refractivity contribution is 0.0945. The van der Waals surface area contributed by atoms with E-state index < -0.39 is 0 Å². The first-order valence-corrected chi connectivity index (χ1v) is 7.57. The molecular formula is C16H19FN4O2. The number of piperazine rings is 1. The molecule has 1 aromatic carbocycles. The van der Waals surface area contributed by atoms with Crippen LogP contribution in [0.1, 0.15) is 21.8 Å². The largest absolute Gasteiger partial charge is 0.448 e. The molecule has 7 heteroatoms. The Balaban J connectivity index is 1.64. The lowest BCUT2D eigenvalue weighted by Crippen LogP contribution is -2.43. The second-order valence-electron chi connectivity index (χ2n) is 5.46. The van der Waals surface area contributed by atoms with Gasteiger partial charge in [0.25, 0.3) is 5.91 Å². The number of oxazole rings is 1. The molecule has 1 aromatic heterocycles. The van der Waals surface area contributed by atoms with Gasteiger partial charge in [0.05, 0.1) is 5.69 Å². The number of aryl methyl sites for hydroxylation is 1. The van der Waals surface area contributed by atoms with Crippen LogP contribution >= 0.6 is 0 Å². The number of carbonyl (C=O) groups excluding carboxylic acids is 1. The highest BCUT2D eigenvalue weighted by Gasteiger charge is 2.16. The molecule has 2 N–H and O–H groups in total. The minimum absolute atomic E-state index is 0.240. The molecule has 0 unspecified atom stereocenters. The summed E-state index contributed by atoms with van der Waals surface area (Å²) >= 11 is 0. The molecule has 0 spiro atoms. The van der Waals surface area contributed by atoms with Gasteiger partial charge in [0.1, 0.15) is 11.6 Å². The number of benzene rings is 1. The first-order valence-electron chi connectivity index (χ1n) is 7.57. The number of aromatic nitrogens is 1. The average Bonchev–Trinajstić information content (AvgIpc) is 3.00. The Morgan fingerprint density at radius 1 is 1.43 bits per heavy atom. The van der Waals surface area contributed by atoms with Gasteiger partial charge < -0.3 is 20.0 Å². The van der Waals surface area contributed by atoms with Crippen LogP contribution in [-0.2, 0) is 6.54 Å². The van der Waals surface area contributed by atoms with Crippen LogP contribution in [-0.4, -0.2) is 37.1 Å². The van der Waals surface area contributed by atoms with Gasteiger partial charge in [0.15, 0.2) is 12.1 Å². The highest BCUT2D eigenvalue weighted by Crippen LogP contribution is 2.21. The molecule has 0 aliphatic carbocycles. The first-order chi connectivity index (χ1) is 11.1. The fourth-order valence-electron chi connectivity index (χ4n) is 2.61. The smallest absolute Gasteiger partial charge is 0.273 e. The third-order valence-electron chi connectivity index (χ3n) is 3.88. The molecular weight excluding hydrogens is 299 g/mol. The van der Waals surface area contributed by atoms with Crippen molar-refractivity contribution in [3.63, 3.8) is 0 Å². The maximum atomic E-state index is 14.3. The van der Waals surface area contributed by atoms with Gasteiger partial charge in [-0.3, -0.25) is 4.79 Å². The summed E-state index contributed by atoms with van der Waals surface area (Å²) in [6.45, 7) is 5.20. The van der Waals surface area contributed by atoms with Crippen molar-refractivity contribution >= 4 is 11.6 Å². The maximum absolute atomic E-state index is 14.3. The van der Waals surface area contributed by atoms with E-state index in [1.54, 1.807) is 13.0 Å². The number of amides is 1. The fraction of sp³-hybridized carbons (Fsp3) is 0.375. The van der Waals surface area contributed by atoms with Crippen LogP contribution in [0, 0.1) is 12.7 Å². The zero-order valence-electron chi connectivity index (χ0n) is 12.9. The number of rotatable bonds is 4. The molecule has 0 bridgehead atoms. The summed E-state index contributed by atoms with van der Waals surface area (Å²) in [5.41, 5.74) is 1.56. The number of anilines is 1. The predicted octanol–water partition coefficient (Wildman–Crippen LogP) is 1.46. The van der Waals surface area contributed by atoms with Crippen LogP contribution in [0.2, 0.25) is 0 Å². The van der Waals surface area contributed by atoms with Crippen molar-refractivity contribution < 1.29 is 13.6 Å². The molecule has 1 fully saturated rings. The molecule has 2 aromatic rings. The molecule has 1 aliphatic rings. The second-order valence-corrected chi connectivity index (χ2v) is 5.46. The summed E-state index contributed by atoms with van der Waals surface area (Å²) in [6.07, 6.45) is 1.23. The quantitative estimate of drug-likeness (QED) is 0.893. The number of halogens is 1. The van der Waals surface area contributed by atoms with Crippen LogP contribution < -0.4 is 15.5 Å². The van der Waals surface area contributed by atoms with E-state index in [2.05, 4.69) is 15.6 Å². The van der Waals surface area contributed by atoms with Crippen molar-refractivity contribution in [2.24, 2.45) is 0 Å². The van der Waals surface area contributed by atoms with E-state index in [9.17, 15) is 9.18 Å². The van der Waals surface area contributed by atoms with Crippen molar-refractivity contribution in [3.8, 4) is 0 Å². The Morgan fingerprint density at radius 2 is 2.22 bits per heavy atom. The highest BCUT2D eigenvalue weighted by molar-refractivity contribution is 5.92. The molecule has 0 saturated carbocycles. The first kappa shape index (κ1) is 15.5. The Morgan fingerprint density at radius 3 is 2.87 bits per heavy atom. The van der Waals surface area contributed by atoms with E-state index in [4.69, 9.17) is 4.42 Å². The van der Waals surface area contributed by atoms with Crippen molar-refractivity contribution in [1.29, 1.82) is 0 Å². The number of nitrogens with zero attached hydrogens (tertiary/aromatic N) is 2. The van der Waals surface area contributed by atoms with Gasteiger partial charge in [-0.05, 0) is 24.6 Å². The summed E-state index contributed by atoms with van der Waals surface area (Å²) in [4.78, 5) is 17.8. The number of carbonyl (C=O) groups is 1. The van der Waals surface area contributed by atoms with E-state index in [1.165, 1.54) is 12.5 Å². The third kappa shape index (κ3) is 3.50. The molecule has 23 heavy (non-hydrogen) atoms. The summed E-state index contributed by atoms with van der Waals surface area (Å²) in [5, 5.41) is 5.96. The van der Waals surface area contributed by atoms with E-state index >= 15 is 0 Å². The number of nitrogens with one attached hydrogen (secondary N) is 2. The summed E-state index contributed by atoms with van der Waals surface area (Å²) in [6, 6.07) is 5.06. The summed E-state index contributed by atoms with van der Waals surface area (Å²) < 4.78 is 19.3. The molecule has 122 valence electrons. The minimum atomic E-state index is -0.331. The summed E-state index contributed by atoms with van der Waals surface area (Å²) in [7, 11) is 0. The molecule has 3 rings (SSSR count). The third-order valence-corrected chi connectivity index (χ3v) is 3.88. The standard InChI is InChI=1S/C16H19FN4O2/c1-11-15(20-10-23-11)16(22)19-9-12-2-3-14(13(17)8-12)21-6-4-18-5-7-21/h2-3,8,10,18H,4-7,9H2,1H3,(H,19,22). The van der Waals surface area contributed by atoms with Crippen LogP contribution in [0.4, 0.5) is 10.1 Å². The van der Waals surface area contributed by atoms with E-state index in [0.717, 1.165) is 26.2 Å². The van der Waals surface area contributed by atoms with Crippen LogP contribution in [0.5, 0.6) is 0 Å². The molecule has 0 atom stereocenters. The Bertz CT molecular complexity index is 695. The van der Waals surface area contributed by atoms with Gasteiger partial charge in [-0.1, -0.05) is 6.07 Å². The maximum Gasteiger partial charge on any atom is 0.273 e. The van der Waals surface area contributed by atoms with Crippen LogP contribution in [0.15, 0.2) is 29.0 Å². The van der Waals surface area contributed by atoms with Crippen molar-refractivity contribution in [2.45, 2.75) is 13.5 Å². The molecule has 6 nitrogen and oxygen atoms in total. The van der Waals surface area contributed by atoms with E-state index in [0.29, 0.717) is 17.0 Å². The van der Waals surface area contributed by atoms with Crippen molar-refractivity contribution in [3.05, 3.63) is 47.4 Å². The molecule has 2 heterocycles. The van der Waals surface area contributed by atoms with Gasteiger partial charge >= 0.3 is 0 Å².